The van der Waals surface area contributed by atoms with Crippen LogP contribution in [0, 0.1) is 5.92 Å². The number of hydrogen-bond donors (Lipinski definition) is 1. The molecule has 1 N–H and O–H groups in total. The van der Waals surface area contributed by atoms with Gasteiger partial charge in [-0.1, -0.05) is 6.92 Å². The Kier molecular flexibility index (Phi) is 4.67. The van der Waals surface area contributed by atoms with Crippen LogP contribution < -0.4 is 5.32 Å². The van der Waals surface area contributed by atoms with Crippen LogP contribution in [-0.2, 0) is 9.59 Å². The van der Waals surface area contributed by atoms with E-state index in [-0.39, 0.29) is 23.9 Å². The first-order valence-corrected chi connectivity index (χ1v) is 8.79. The fourth-order valence-corrected chi connectivity index (χ4v) is 3.84. The first kappa shape index (κ1) is 15.7. The minimum absolute atomic E-state index is 0.00556. The molecule has 2 fully saturated rings. The molecule has 2 aliphatic rings. The monoisotopic (exact) mass is 298 g/mol. The number of carbonyl (C=O) groups is 2. The van der Waals surface area contributed by atoms with Gasteiger partial charge in [0.1, 0.15) is 11.6 Å². The lowest BCUT2D eigenvalue weighted by atomic mass is 9.88. The van der Waals surface area contributed by atoms with Crippen LogP contribution in [0.4, 0.5) is 0 Å². The predicted octanol–water partition coefficient (Wildman–Crippen LogP) is 2.03. The lowest BCUT2D eigenvalue weighted by Crippen LogP contribution is -2.71. The van der Waals surface area contributed by atoms with Crippen LogP contribution in [0.5, 0.6) is 0 Å². The Morgan fingerprint density at radius 1 is 1.45 bits per heavy atom. The minimum atomic E-state index is -0.671. The predicted molar refractivity (Wildman–Crippen MR) is 82.7 cm³/mol. The lowest BCUT2D eigenvalue weighted by molar-refractivity contribution is -0.157. The average molecular weight is 298 g/mol. The molecule has 0 radical (unpaired) electrons. The molecule has 5 heteroatoms. The Morgan fingerprint density at radius 3 is 2.65 bits per heavy atom. The summed E-state index contributed by atoms with van der Waals surface area (Å²) >= 11 is 1.88. The standard InChI is InChI=1S/C15H26N2O2S/c1-5-20-9-8-10(2)17-11(3)13(18)16-15(4,14(17)19)12-6-7-12/h10-12H,5-9H2,1-4H3,(H,16,18). The van der Waals surface area contributed by atoms with Crippen molar-refractivity contribution in [3.05, 3.63) is 0 Å². The number of nitrogens with zero attached hydrogens (tertiary/aromatic N) is 1. The molecule has 20 heavy (non-hydrogen) atoms. The summed E-state index contributed by atoms with van der Waals surface area (Å²) in [6, 6.07) is -0.225. The second-order valence-corrected chi connectivity index (χ2v) is 7.58. The largest absolute Gasteiger partial charge is 0.340 e. The molecule has 1 heterocycles. The van der Waals surface area contributed by atoms with Gasteiger partial charge < -0.3 is 10.2 Å². The van der Waals surface area contributed by atoms with Crippen molar-refractivity contribution < 1.29 is 9.59 Å². The molecular formula is C15H26N2O2S. The number of carbonyl (C=O) groups excluding carboxylic acids is 2. The fourth-order valence-electron chi connectivity index (χ4n) is 3.04. The summed E-state index contributed by atoms with van der Waals surface area (Å²) in [5, 5.41) is 2.97. The number of hydrogen-bond acceptors (Lipinski definition) is 3. The third-order valence-electron chi connectivity index (χ3n) is 4.61. The van der Waals surface area contributed by atoms with E-state index in [1.807, 2.05) is 30.5 Å². The summed E-state index contributed by atoms with van der Waals surface area (Å²) < 4.78 is 0. The zero-order chi connectivity index (χ0) is 14.9. The van der Waals surface area contributed by atoms with Crippen molar-refractivity contribution >= 4 is 23.6 Å². The Labute approximate surface area is 126 Å². The zero-order valence-corrected chi connectivity index (χ0v) is 13.8. The van der Waals surface area contributed by atoms with Crippen LogP contribution in [0.2, 0.25) is 0 Å². The van der Waals surface area contributed by atoms with Crippen molar-refractivity contribution in [1.29, 1.82) is 0 Å². The number of piperazine rings is 1. The first-order chi connectivity index (χ1) is 9.41. The van der Waals surface area contributed by atoms with Crippen LogP contribution in [0.3, 0.4) is 0 Å². The lowest BCUT2D eigenvalue weighted by Gasteiger charge is -2.46. The molecule has 1 aliphatic heterocycles. The van der Waals surface area contributed by atoms with Gasteiger partial charge in [-0.05, 0) is 57.5 Å². The van der Waals surface area contributed by atoms with Crippen molar-refractivity contribution in [2.75, 3.05) is 11.5 Å². The Morgan fingerprint density at radius 2 is 2.10 bits per heavy atom. The summed E-state index contributed by atoms with van der Waals surface area (Å²) in [6.07, 6.45) is 3.04. The summed E-state index contributed by atoms with van der Waals surface area (Å²) in [5.41, 5.74) is -0.671. The van der Waals surface area contributed by atoms with Gasteiger partial charge in [0, 0.05) is 6.04 Å². The van der Waals surface area contributed by atoms with E-state index in [9.17, 15) is 9.59 Å². The zero-order valence-electron chi connectivity index (χ0n) is 12.9. The number of nitrogens with one attached hydrogen (secondary N) is 1. The molecule has 2 rings (SSSR count). The molecule has 0 aromatic carbocycles. The smallest absolute Gasteiger partial charge is 0.249 e. The maximum atomic E-state index is 12.9. The quantitative estimate of drug-likeness (QED) is 0.763. The Balaban J connectivity index is 2.11. The highest BCUT2D eigenvalue weighted by molar-refractivity contribution is 7.99. The number of amides is 2. The van der Waals surface area contributed by atoms with E-state index in [2.05, 4.69) is 19.2 Å². The fraction of sp³-hybridized carbons (Fsp3) is 0.867. The Bertz CT molecular complexity index is 397. The summed E-state index contributed by atoms with van der Waals surface area (Å²) in [5.74, 6) is 2.56. The molecule has 114 valence electrons. The van der Waals surface area contributed by atoms with E-state index in [0.717, 1.165) is 30.8 Å². The van der Waals surface area contributed by atoms with Crippen molar-refractivity contribution in [1.82, 2.24) is 10.2 Å². The van der Waals surface area contributed by atoms with Gasteiger partial charge in [-0.25, -0.2) is 0 Å². The van der Waals surface area contributed by atoms with Gasteiger partial charge in [0.25, 0.3) is 0 Å². The minimum Gasteiger partial charge on any atom is -0.340 e. The molecule has 0 spiro atoms. The van der Waals surface area contributed by atoms with Gasteiger partial charge in [-0.2, -0.15) is 11.8 Å². The third kappa shape index (κ3) is 2.83. The highest BCUT2D eigenvalue weighted by Gasteiger charge is 2.55. The van der Waals surface area contributed by atoms with Gasteiger partial charge in [0.15, 0.2) is 0 Å². The van der Waals surface area contributed by atoms with Crippen molar-refractivity contribution in [2.24, 2.45) is 5.92 Å². The summed E-state index contributed by atoms with van der Waals surface area (Å²) in [6.45, 7) is 7.94. The van der Waals surface area contributed by atoms with Crippen LogP contribution in [0.15, 0.2) is 0 Å². The van der Waals surface area contributed by atoms with E-state index < -0.39 is 5.54 Å². The van der Waals surface area contributed by atoms with E-state index in [4.69, 9.17) is 0 Å². The molecule has 4 nitrogen and oxygen atoms in total. The molecule has 1 aliphatic carbocycles. The van der Waals surface area contributed by atoms with Crippen LogP contribution in [0.1, 0.15) is 47.0 Å². The van der Waals surface area contributed by atoms with Crippen molar-refractivity contribution in [2.45, 2.75) is 64.6 Å². The van der Waals surface area contributed by atoms with Crippen LogP contribution in [-0.4, -0.2) is 45.8 Å². The molecule has 3 unspecified atom stereocenters. The third-order valence-corrected chi connectivity index (χ3v) is 5.54. The second kappa shape index (κ2) is 5.96. The van der Waals surface area contributed by atoms with E-state index in [0.29, 0.717) is 5.92 Å². The first-order valence-electron chi connectivity index (χ1n) is 7.64. The summed E-state index contributed by atoms with van der Waals surface area (Å²) in [4.78, 5) is 26.9. The van der Waals surface area contributed by atoms with E-state index >= 15 is 0 Å². The molecule has 0 aromatic heterocycles. The Hall–Kier alpha value is -0.710. The molecule has 1 saturated carbocycles. The molecule has 0 bridgehead atoms. The normalized spacial score (nSPS) is 32.2. The topological polar surface area (TPSA) is 49.4 Å². The van der Waals surface area contributed by atoms with Crippen LogP contribution in [0.25, 0.3) is 0 Å². The SMILES string of the molecule is CCSCCC(C)N1C(=O)C(C)(C2CC2)NC(=O)C1C. The highest BCUT2D eigenvalue weighted by atomic mass is 32.2. The van der Waals surface area contributed by atoms with Crippen molar-refractivity contribution in [3.8, 4) is 0 Å². The van der Waals surface area contributed by atoms with E-state index in [1.54, 1.807) is 0 Å². The second-order valence-electron chi connectivity index (χ2n) is 6.19. The maximum Gasteiger partial charge on any atom is 0.249 e. The van der Waals surface area contributed by atoms with Crippen LogP contribution >= 0.6 is 11.8 Å². The highest BCUT2D eigenvalue weighted by Crippen LogP contribution is 2.42. The molecule has 2 amide bonds. The maximum absolute atomic E-state index is 12.9. The molecular weight excluding hydrogens is 272 g/mol. The van der Waals surface area contributed by atoms with Gasteiger partial charge in [0.05, 0.1) is 0 Å². The number of rotatable bonds is 6. The van der Waals surface area contributed by atoms with Gasteiger partial charge in [-0.15, -0.1) is 0 Å². The van der Waals surface area contributed by atoms with E-state index in [1.165, 1.54) is 0 Å². The number of thioether (sulfide) groups is 1. The molecule has 3 atom stereocenters. The van der Waals surface area contributed by atoms with Gasteiger partial charge >= 0.3 is 0 Å². The molecule has 0 aromatic rings. The average Bonchev–Trinajstić information content (AvgIpc) is 3.22. The van der Waals surface area contributed by atoms with Gasteiger partial charge in [0.2, 0.25) is 11.8 Å². The molecule has 1 saturated heterocycles. The summed E-state index contributed by atoms with van der Waals surface area (Å²) in [7, 11) is 0. The van der Waals surface area contributed by atoms with Gasteiger partial charge in [-0.3, -0.25) is 9.59 Å². The van der Waals surface area contributed by atoms with Crippen molar-refractivity contribution in [3.63, 3.8) is 0 Å².